The van der Waals surface area contributed by atoms with Gasteiger partial charge in [-0.15, -0.1) is 0 Å². The van der Waals surface area contributed by atoms with Crippen molar-refractivity contribution in [1.82, 2.24) is 5.16 Å². The van der Waals surface area contributed by atoms with E-state index in [-0.39, 0.29) is 5.76 Å². The highest BCUT2D eigenvalue weighted by Gasteiger charge is 2.15. The van der Waals surface area contributed by atoms with Crippen molar-refractivity contribution in [2.24, 2.45) is 0 Å². The first-order valence-corrected chi connectivity index (χ1v) is 5.69. The maximum absolute atomic E-state index is 10.8. The van der Waals surface area contributed by atoms with E-state index in [0.29, 0.717) is 5.69 Å². The smallest absolute Gasteiger partial charge is 0.374 e. The zero-order valence-corrected chi connectivity index (χ0v) is 10.9. The number of carboxylic acids is 1. The minimum atomic E-state index is -1.10. The molecule has 0 spiro atoms. The standard InChI is InChI=1S/C14H15NO3/c1-7-5-11(10(4)9(3)8(7)2)12-6-13(14(16)17)18-15-12/h5-6H,1-4H3,(H,16,17). The van der Waals surface area contributed by atoms with Crippen LogP contribution in [0.2, 0.25) is 0 Å². The Balaban J connectivity index is 2.60. The third kappa shape index (κ3) is 1.90. The van der Waals surface area contributed by atoms with Gasteiger partial charge in [0.25, 0.3) is 0 Å². The van der Waals surface area contributed by atoms with Crippen LogP contribution in [-0.2, 0) is 0 Å². The number of rotatable bonds is 2. The van der Waals surface area contributed by atoms with Gasteiger partial charge in [-0.25, -0.2) is 4.79 Å². The molecule has 4 heteroatoms. The van der Waals surface area contributed by atoms with E-state index < -0.39 is 5.97 Å². The summed E-state index contributed by atoms with van der Waals surface area (Å²) in [6, 6.07) is 3.47. The SMILES string of the molecule is Cc1cc(-c2cc(C(=O)O)on2)c(C)c(C)c1C. The van der Waals surface area contributed by atoms with Crippen LogP contribution in [0.5, 0.6) is 0 Å². The van der Waals surface area contributed by atoms with Gasteiger partial charge in [-0.05, 0) is 56.0 Å². The van der Waals surface area contributed by atoms with Crippen molar-refractivity contribution in [2.45, 2.75) is 27.7 Å². The number of benzene rings is 1. The molecule has 2 aromatic rings. The summed E-state index contributed by atoms with van der Waals surface area (Å²) in [5, 5.41) is 12.7. The van der Waals surface area contributed by atoms with E-state index in [0.717, 1.165) is 16.7 Å². The summed E-state index contributed by atoms with van der Waals surface area (Å²) in [6.45, 7) is 8.17. The Bertz CT molecular complexity index is 626. The van der Waals surface area contributed by atoms with Gasteiger partial charge in [-0.2, -0.15) is 0 Å². The number of hydrogen-bond donors (Lipinski definition) is 1. The molecule has 1 aromatic heterocycles. The molecular formula is C14H15NO3. The van der Waals surface area contributed by atoms with E-state index in [9.17, 15) is 4.79 Å². The molecule has 1 N–H and O–H groups in total. The Hall–Kier alpha value is -2.10. The zero-order chi connectivity index (χ0) is 13.4. The highest BCUT2D eigenvalue weighted by molar-refractivity contribution is 5.86. The molecule has 0 unspecified atom stereocenters. The van der Waals surface area contributed by atoms with E-state index in [1.54, 1.807) is 0 Å². The second-order valence-corrected chi connectivity index (χ2v) is 4.50. The van der Waals surface area contributed by atoms with Gasteiger partial charge in [0.2, 0.25) is 5.76 Å². The lowest BCUT2D eigenvalue weighted by Crippen LogP contribution is -1.95. The molecule has 0 fully saturated rings. The van der Waals surface area contributed by atoms with Crippen molar-refractivity contribution in [3.05, 3.63) is 40.1 Å². The molecule has 0 radical (unpaired) electrons. The molecule has 0 aliphatic heterocycles. The van der Waals surface area contributed by atoms with Crippen LogP contribution < -0.4 is 0 Å². The molecule has 0 amide bonds. The molecule has 0 atom stereocenters. The average Bonchev–Trinajstić information content (AvgIpc) is 2.80. The van der Waals surface area contributed by atoms with Gasteiger partial charge >= 0.3 is 5.97 Å². The molecule has 94 valence electrons. The molecule has 2 rings (SSSR count). The first-order valence-electron chi connectivity index (χ1n) is 5.69. The second-order valence-electron chi connectivity index (χ2n) is 4.50. The summed E-state index contributed by atoms with van der Waals surface area (Å²) in [6.07, 6.45) is 0. The van der Waals surface area contributed by atoms with Crippen LogP contribution in [0.1, 0.15) is 32.8 Å². The summed E-state index contributed by atoms with van der Waals surface area (Å²) in [7, 11) is 0. The Labute approximate surface area is 105 Å². The largest absolute Gasteiger partial charge is 0.475 e. The van der Waals surface area contributed by atoms with Crippen molar-refractivity contribution in [2.75, 3.05) is 0 Å². The average molecular weight is 245 g/mol. The number of aryl methyl sites for hydroxylation is 1. The van der Waals surface area contributed by atoms with Crippen LogP contribution in [0, 0.1) is 27.7 Å². The van der Waals surface area contributed by atoms with E-state index in [1.807, 2.05) is 19.9 Å². The van der Waals surface area contributed by atoms with Gasteiger partial charge in [-0.1, -0.05) is 5.16 Å². The Morgan fingerprint density at radius 2 is 1.78 bits per heavy atom. The minimum absolute atomic E-state index is 0.139. The molecule has 18 heavy (non-hydrogen) atoms. The molecule has 0 bridgehead atoms. The quantitative estimate of drug-likeness (QED) is 0.881. The fraction of sp³-hybridized carbons (Fsp3) is 0.286. The molecule has 1 heterocycles. The van der Waals surface area contributed by atoms with Crippen LogP contribution in [0.25, 0.3) is 11.3 Å². The number of nitrogens with zero attached hydrogens (tertiary/aromatic N) is 1. The van der Waals surface area contributed by atoms with Gasteiger partial charge in [-0.3, -0.25) is 0 Å². The Morgan fingerprint density at radius 3 is 2.33 bits per heavy atom. The lowest BCUT2D eigenvalue weighted by atomic mass is 9.93. The van der Waals surface area contributed by atoms with Crippen LogP contribution in [0.3, 0.4) is 0 Å². The van der Waals surface area contributed by atoms with Crippen LogP contribution in [-0.4, -0.2) is 16.2 Å². The van der Waals surface area contributed by atoms with Gasteiger partial charge in [0.1, 0.15) is 5.69 Å². The number of carbonyl (C=O) groups is 1. The van der Waals surface area contributed by atoms with Crippen molar-refractivity contribution >= 4 is 5.97 Å². The highest BCUT2D eigenvalue weighted by Crippen LogP contribution is 2.29. The van der Waals surface area contributed by atoms with Crippen LogP contribution in [0.4, 0.5) is 0 Å². The van der Waals surface area contributed by atoms with Gasteiger partial charge in [0.15, 0.2) is 0 Å². The van der Waals surface area contributed by atoms with Crippen molar-refractivity contribution in [3.63, 3.8) is 0 Å². The molecule has 0 aliphatic carbocycles. The summed E-state index contributed by atoms with van der Waals surface area (Å²) in [4.78, 5) is 10.8. The van der Waals surface area contributed by atoms with E-state index in [2.05, 4.69) is 19.0 Å². The summed E-state index contributed by atoms with van der Waals surface area (Å²) >= 11 is 0. The second kappa shape index (κ2) is 4.29. The maximum Gasteiger partial charge on any atom is 0.374 e. The van der Waals surface area contributed by atoms with Gasteiger partial charge < -0.3 is 9.63 Å². The zero-order valence-electron chi connectivity index (χ0n) is 10.9. The summed E-state index contributed by atoms with van der Waals surface area (Å²) in [5.41, 5.74) is 6.20. The number of hydrogen-bond acceptors (Lipinski definition) is 3. The number of aromatic carboxylic acids is 1. The molecule has 1 aromatic carbocycles. The monoisotopic (exact) mass is 245 g/mol. The third-order valence-corrected chi connectivity index (χ3v) is 3.48. The van der Waals surface area contributed by atoms with Gasteiger partial charge in [0.05, 0.1) is 0 Å². The molecular weight excluding hydrogens is 230 g/mol. The van der Waals surface area contributed by atoms with Crippen molar-refractivity contribution in [1.29, 1.82) is 0 Å². The van der Waals surface area contributed by atoms with Crippen molar-refractivity contribution < 1.29 is 14.4 Å². The number of carboxylic acid groups (broad SMARTS) is 1. The van der Waals surface area contributed by atoms with E-state index in [1.165, 1.54) is 17.2 Å². The normalized spacial score (nSPS) is 10.7. The lowest BCUT2D eigenvalue weighted by Gasteiger charge is -2.12. The highest BCUT2D eigenvalue weighted by atomic mass is 16.5. The van der Waals surface area contributed by atoms with Crippen LogP contribution in [0.15, 0.2) is 16.7 Å². The Morgan fingerprint density at radius 1 is 1.11 bits per heavy atom. The minimum Gasteiger partial charge on any atom is -0.475 e. The van der Waals surface area contributed by atoms with Crippen LogP contribution >= 0.6 is 0 Å². The topological polar surface area (TPSA) is 63.3 Å². The first kappa shape index (κ1) is 12.4. The third-order valence-electron chi connectivity index (χ3n) is 3.48. The maximum atomic E-state index is 10.8. The Kier molecular flexibility index (Phi) is 2.95. The fourth-order valence-electron chi connectivity index (χ4n) is 1.98. The van der Waals surface area contributed by atoms with E-state index in [4.69, 9.17) is 9.63 Å². The predicted octanol–water partition coefficient (Wildman–Crippen LogP) is 3.27. The molecule has 0 aliphatic rings. The molecule has 4 nitrogen and oxygen atoms in total. The van der Waals surface area contributed by atoms with E-state index >= 15 is 0 Å². The molecule has 0 saturated heterocycles. The van der Waals surface area contributed by atoms with Gasteiger partial charge in [0, 0.05) is 11.6 Å². The summed E-state index contributed by atoms with van der Waals surface area (Å²) in [5.74, 6) is -1.24. The lowest BCUT2D eigenvalue weighted by molar-refractivity contribution is 0.0652. The predicted molar refractivity (Wildman–Crippen MR) is 67.8 cm³/mol. The summed E-state index contributed by atoms with van der Waals surface area (Å²) < 4.78 is 4.80. The first-order chi connectivity index (χ1) is 8.41. The fourth-order valence-corrected chi connectivity index (χ4v) is 1.98. The van der Waals surface area contributed by atoms with Crippen molar-refractivity contribution in [3.8, 4) is 11.3 Å². The molecule has 0 saturated carbocycles. The number of aromatic nitrogens is 1.